The Morgan fingerprint density at radius 1 is 1.17 bits per heavy atom. The van der Waals surface area contributed by atoms with E-state index >= 15 is 0 Å². The molecule has 8 nitrogen and oxygen atoms in total. The highest BCUT2D eigenvalue weighted by atomic mass is 32.2. The summed E-state index contributed by atoms with van der Waals surface area (Å²) in [7, 11) is 0. The molecule has 0 atom stereocenters. The standard InChI is InChI=1S/C21H25N5O3S/c1-4-15-9-6-8-14(3)19(15)23-18(27)13-30-21-25-24-17(26(21)5-2)12-22-20(28)16-10-7-11-29-16/h6-11H,4-5,12-13H2,1-3H3,(H,22,28)(H,23,27). The number of carbonyl (C=O) groups is 2. The van der Waals surface area contributed by atoms with Crippen LogP contribution in [0.1, 0.15) is 41.4 Å². The molecule has 0 saturated carbocycles. The molecule has 0 unspecified atom stereocenters. The van der Waals surface area contributed by atoms with Crippen LogP contribution in [0.5, 0.6) is 0 Å². The molecular formula is C21H25N5O3S. The van der Waals surface area contributed by atoms with Crippen LogP contribution in [0.2, 0.25) is 0 Å². The number of nitrogens with zero attached hydrogens (tertiary/aromatic N) is 3. The molecule has 0 aliphatic heterocycles. The Bertz CT molecular complexity index is 1010. The molecule has 0 radical (unpaired) electrons. The molecule has 0 spiro atoms. The fourth-order valence-electron chi connectivity index (χ4n) is 3.04. The number of hydrogen-bond donors (Lipinski definition) is 2. The molecule has 2 aromatic heterocycles. The Morgan fingerprint density at radius 2 is 2.00 bits per heavy atom. The summed E-state index contributed by atoms with van der Waals surface area (Å²) in [5.74, 6) is 0.666. The average molecular weight is 428 g/mol. The summed E-state index contributed by atoms with van der Waals surface area (Å²) in [6.45, 7) is 6.86. The number of anilines is 1. The van der Waals surface area contributed by atoms with Crippen molar-refractivity contribution in [2.45, 2.75) is 45.4 Å². The lowest BCUT2D eigenvalue weighted by molar-refractivity contribution is -0.113. The van der Waals surface area contributed by atoms with E-state index in [4.69, 9.17) is 4.42 Å². The van der Waals surface area contributed by atoms with Gasteiger partial charge in [0.15, 0.2) is 16.7 Å². The lowest BCUT2D eigenvalue weighted by Crippen LogP contribution is -2.24. The average Bonchev–Trinajstić information content (AvgIpc) is 3.41. The van der Waals surface area contributed by atoms with Crippen LogP contribution in [-0.2, 0) is 24.3 Å². The number of benzene rings is 1. The molecule has 2 heterocycles. The van der Waals surface area contributed by atoms with Gasteiger partial charge in [0.1, 0.15) is 0 Å². The monoisotopic (exact) mass is 427 g/mol. The van der Waals surface area contributed by atoms with Crippen LogP contribution in [-0.4, -0.2) is 32.3 Å². The van der Waals surface area contributed by atoms with E-state index in [1.54, 1.807) is 12.1 Å². The van der Waals surface area contributed by atoms with Gasteiger partial charge in [-0.05, 0) is 43.5 Å². The summed E-state index contributed by atoms with van der Waals surface area (Å²) >= 11 is 1.32. The lowest BCUT2D eigenvalue weighted by atomic mass is 10.1. The van der Waals surface area contributed by atoms with Gasteiger partial charge in [-0.15, -0.1) is 10.2 Å². The minimum atomic E-state index is -0.316. The summed E-state index contributed by atoms with van der Waals surface area (Å²) in [5, 5.41) is 14.7. The Kier molecular flexibility index (Phi) is 7.29. The highest BCUT2D eigenvalue weighted by molar-refractivity contribution is 7.99. The highest BCUT2D eigenvalue weighted by Gasteiger charge is 2.16. The lowest BCUT2D eigenvalue weighted by Gasteiger charge is -2.13. The third kappa shape index (κ3) is 5.10. The number of nitrogens with one attached hydrogen (secondary N) is 2. The molecule has 0 fully saturated rings. The van der Waals surface area contributed by atoms with Crippen molar-refractivity contribution in [3.05, 3.63) is 59.3 Å². The summed E-state index contributed by atoms with van der Waals surface area (Å²) in [6.07, 6.45) is 2.30. The number of carbonyl (C=O) groups excluding carboxylic acids is 2. The predicted molar refractivity (Wildman–Crippen MR) is 115 cm³/mol. The van der Waals surface area contributed by atoms with Crippen molar-refractivity contribution < 1.29 is 14.0 Å². The van der Waals surface area contributed by atoms with Gasteiger partial charge in [0.2, 0.25) is 5.91 Å². The van der Waals surface area contributed by atoms with Gasteiger partial charge in [0, 0.05) is 12.2 Å². The second-order valence-electron chi connectivity index (χ2n) is 6.60. The first kappa shape index (κ1) is 21.6. The molecular weight excluding hydrogens is 402 g/mol. The zero-order valence-electron chi connectivity index (χ0n) is 17.3. The Labute approximate surface area is 179 Å². The third-order valence-electron chi connectivity index (χ3n) is 4.60. The van der Waals surface area contributed by atoms with Crippen molar-refractivity contribution in [3.63, 3.8) is 0 Å². The van der Waals surface area contributed by atoms with E-state index in [0.717, 1.165) is 23.2 Å². The van der Waals surface area contributed by atoms with Crippen molar-refractivity contribution in [1.82, 2.24) is 20.1 Å². The van der Waals surface area contributed by atoms with E-state index in [9.17, 15) is 9.59 Å². The molecule has 9 heteroatoms. The number of thioether (sulfide) groups is 1. The number of rotatable bonds is 9. The third-order valence-corrected chi connectivity index (χ3v) is 5.57. The Morgan fingerprint density at radius 3 is 2.70 bits per heavy atom. The second kappa shape index (κ2) is 10.1. The van der Waals surface area contributed by atoms with Gasteiger partial charge < -0.3 is 19.6 Å². The SMILES string of the molecule is CCc1cccc(C)c1NC(=O)CSc1nnc(CNC(=O)c2ccco2)n1CC. The van der Waals surface area contributed by atoms with E-state index in [0.29, 0.717) is 17.5 Å². The molecule has 158 valence electrons. The topological polar surface area (TPSA) is 102 Å². The molecule has 0 bridgehead atoms. The normalized spacial score (nSPS) is 10.8. The number of aryl methyl sites for hydroxylation is 2. The minimum Gasteiger partial charge on any atom is -0.459 e. The number of para-hydroxylation sites is 1. The maximum atomic E-state index is 12.5. The number of aromatic nitrogens is 3. The van der Waals surface area contributed by atoms with Crippen LogP contribution >= 0.6 is 11.8 Å². The molecule has 3 aromatic rings. The number of hydrogen-bond acceptors (Lipinski definition) is 6. The molecule has 0 aliphatic carbocycles. The van der Waals surface area contributed by atoms with Crippen molar-refractivity contribution in [3.8, 4) is 0 Å². The van der Waals surface area contributed by atoms with Crippen molar-refractivity contribution in [2.75, 3.05) is 11.1 Å². The van der Waals surface area contributed by atoms with Gasteiger partial charge in [-0.2, -0.15) is 0 Å². The van der Waals surface area contributed by atoms with Crippen LogP contribution in [0.3, 0.4) is 0 Å². The molecule has 0 aliphatic rings. The first-order valence-corrected chi connectivity index (χ1v) is 10.8. The fraction of sp³-hybridized carbons (Fsp3) is 0.333. The second-order valence-corrected chi connectivity index (χ2v) is 7.54. The van der Waals surface area contributed by atoms with Crippen molar-refractivity contribution in [1.29, 1.82) is 0 Å². The first-order valence-electron chi connectivity index (χ1n) is 9.78. The maximum Gasteiger partial charge on any atom is 0.287 e. The van der Waals surface area contributed by atoms with Gasteiger partial charge in [-0.25, -0.2) is 0 Å². The quantitative estimate of drug-likeness (QED) is 0.507. The summed E-state index contributed by atoms with van der Waals surface area (Å²) in [5.41, 5.74) is 3.03. The van der Waals surface area contributed by atoms with Crippen LogP contribution in [0.25, 0.3) is 0 Å². The molecule has 2 N–H and O–H groups in total. The van der Waals surface area contributed by atoms with Crippen LogP contribution in [0, 0.1) is 6.92 Å². The zero-order chi connectivity index (χ0) is 21.5. The fourth-order valence-corrected chi connectivity index (χ4v) is 3.86. The smallest absolute Gasteiger partial charge is 0.287 e. The highest BCUT2D eigenvalue weighted by Crippen LogP contribution is 2.22. The largest absolute Gasteiger partial charge is 0.459 e. The number of furan rings is 1. The predicted octanol–water partition coefficient (Wildman–Crippen LogP) is 3.42. The van der Waals surface area contributed by atoms with E-state index in [2.05, 4.69) is 27.8 Å². The molecule has 2 amide bonds. The molecule has 0 saturated heterocycles. The summed E-state index contributed by atoms with van der Waals surface area (Å²) in [4.78, 5) is 24.5. The van der Waals surface area contributed by atoms with Crippen LogP contribution in [0.15, 0.2) is 46.2 Å². The summed E-state index contributed by atoms with van der Waals surface area (Å²) in [6, 6.07) is 9.25. The zero-order valence-corrected chi connectivity index (χ0v) is 18.1. The molecule has 1 aromatic carbocycles. The van der Waals surface area contributed by atoms with Crippen LogP contribution in [0.4, 0.5) is 5.69 Å². The van der Waals surface area contributed by atoms with Crippen LogP contribution < -0.4 is 10.6 Å². The van der Waals surface area contributed by atoms with E-state index < -0.39 is 0 Å². The Balaban J connectivity index is 1.59. The van der Waals surface area contributed by atoms with E-state index in [1.807, 2.05) is 36.6 Å². The van der Waals surface area contributed by atoms with Gasteiger partial charge in [-0.3, -0.25) is 9.59 Å². The van der Waals surface area contributed by atoms with E-state index in [1.165, 1.54) is 18.0 Å². The Hall–Kier alpha value is -3.07. The summed E-state index contributed by atoms with van der Waals surface area (Å²) < 4.78 is 6.96. The van der Waals surface area contributed by atoms with E-state index in [-0.39, 0.29) is 29.9 Å². The molecule has 30 heavy (non-hydrogen) atoms. The van der Waals surface area contributed by atoms with Gasteiger partial charge in [-0.1, -0.05) is 36.9 Å². The van der Waals surface area contributed by atoms with Gasteiger partial charge >= 0.3 is 0 Å². The van der Waals surface area contributed by atoms with Crippen molar-refractivity contribution in [2.24, 2.45) is 0 Å². The molecule has 3 rings (SSSR count). The van der Waals surface area contributed by atoms with Crippen molar-refractivity contribution >= 4 is 29.3 Å². The van der Waals surface area contributed by atoms with Gasteiger partial charge in [0.05, 0.1) is 18.6 Å². The maximum absolute atomic E-state index is 12.5. The van der Waals surface area contributed by atoms with Gasteiger partial charge in [0.25, 0.3) is 5.91 Å². The minimum absolute atomic E-state index is 0.0951. The number of amides is 2. The first-order chi connectivity index (χ1) is 14.5.